The maximum atomic E-state index is 5.04. The predicted molar refractivity (Wildman–Crippen MR) is 38.0 cm³/mol. The van der Waals surface area contributed by atoms with Crippen LogP contribution in [0, 0.1) is 5.92 Å². The molecule has 0 saturated heterocycles. The lowest BCUT2D eigenvalue weighted by atomic mass is 10.0. The van der Waals surface area contributed by atoms with E-state index in [1.54, 1.807) is 7.11 Å². The molecular weight excluding hydrogens is 112 g/mol. The highest BCUT2D eigenvalue weighted by molar-refractivity contribution is 5.17. The maximum absolute atomic E-state index is 5.04. The number of rotatable bonds is 1. The molecule has 1 nitrogen and oxygen atoms in total. The zero-order valence-corrected chi connectivity index (χ0v) is 5.92. The third-order valence-electron chi connectivity index (χ3n) is 1.47. The largest absolute Gasteiger partial charge is 0.497 e. The van der Waals surface area contributed by atoms with Gasteiger partial charge in [0.25, 0.3) is 0 Å². The molecule has 0 amide bonds. The molecule has 50 valence electrons. The van der Waals surface area contributed by atoms with Gasteiger partial charge in [0.05, 0.1) is 7.11 Å². The van der Waals surface area contributed by atoms with Crippen molar-refractivity contribution < 1.29 is 4.74 Å². The van der Waals surface area contributed by atoms with Crippen molar-refractivity contribution in [3.05, 3.63) is 24.0 Å². The Bertz CT molecular complexity index is 145. The lowest BCUT2D eigenvalue weighted by Crippen LogP contribution is -1.95. The quantitative estimate of drug-likeness (QED) is 0.520. The molecule has 1 aliphatic carbocycles. The SMILES string of the molecule is COC1=C[C@H](C)CC=C1. The summed E-state index contributed by atoms with van der Waals surface area (Å²) in [5.74, 6) is 1.64. The Morgan fingerprint density at radius 3 is 2.89 bits per heavy atom. The van der Waals surface area contributed by atoms with Crippen LogP contribution in [0.15, 0.2) is 24.0 Å². The van der Waals surface area contributed by atoms with Crippen LogP contribution in [0.3, 0.4) is 0 Å². The Balaban J connectivity index is 2.59. The van der Waals surface area contributed by atoms with Gasteiger partial charge in [-0.15, -0.1) is 0 Å². The Labute approximate surface area is 56.0 Å². The van der Waals surface area contributed by atoms with Crippen LogP contribution in [-0.2, 0) is 4.74 Å². The first-order valence-corrected chi connectivity index (χ1v) is 3.25. The molecule has 0 heterocycles. The van der Waals surface area contributed by atoms with E-state index in [9.17, 15) is 0 Å². The average molecular weight is 124 g/mol. The molecule has 0 aromatic heterocycles. The van der Waals surface area contributed by atoms with Gasteiger partial charge >= 0.3 is 0 Å². The Hall–Kier alpha value is -0.720. The third kappa shape index (κ3) is 1.60. The summed E-state index contributed by atoms with van der Waals surface area (Å²) in [7, 11) is 1.70. The lowest BCUT2D eigenvalue weighted by molar-refractivity contribution is 0.300. The van der Waals surface area contributed by atoms with Gasteiger partial charge in [0.1, 0.15) is 5.76 Å². The first-order chi connectivity index (χ1) is 4.33. The molecule has 0 fully saturated rings. The smallest absolute Gasteiger partial charge is 0.114 e. The molecule has 1 aliphatic rings. The van der Waals surface area contributed by atoms with Crippen LogP contribution in [0.1, 0.15) is 13.3 Å². The minimum absolute atomic E-state index is 0.643. The van der Waals surface area contributed by atoms with Gasteiger partial charge in [-0.3, -0.25) is 0 Å². The van der Waals surface area contributed by atoms with Crippen LogP contribution >= 0.6 is 0 Å². The van der Waals surface area contributed by atoms with E-state index in [1.807, 2.05) is 6.08 Å². The minimum atomic E-state index is 0.643. The average Bonchev–Trinajstić information content (AvgIpc) is 1.88. The highest BCUT2D eigenvalue weighted by Crippen LogP contribution is 2.15. The molecule has 0 bridgehead atoms. The van der Waals surface area contributed by atoms with E-state index >= 15 is 0 Å². The molecule has 0 unspecified atom stereocenters. The molecule has 0 aliphatic heterocycles. The van der Waals surface area contributed by atoms with Crippen molar-refractivity contribution in [1.29, 1.82) is 0 Å². The van der Waals surface area contributed by atoms with E-state index in [1.165, 1.54) is 0 Å². The molecule has 1 rings (SSSR count). The summed E-state index contributed by atoms with van der Waals surface area (Å²) in [6.45, 7) is 2.18. The second-order valence-corrected chi connectivity index (χ2v) is 2.39. The van der Waals surface area contributed by atoms with Crippen LogP contribution in [0.2, 0.25) is 0 Å². The Morgan fingerprint density at radius 1 is 1.67 bits per heavy atom. The van der Waals surface area contributed by atoms with Crippen molar-refractivity contribution in [2.24, 2.45) is 5.92 Å². The zero-order chi connectivity index (χ0) is 6.69. The van der Waals surface area contributed by atoms with Crippen LogP contribution in [0.5, 0.6) is 0 Å². The molecule has 0 saturated carbocycles. The normalized spacial score (nSPS) is 25.6. The van der Waals surface area contributed by atoms with E-state index < -0.39 is 0 Å². The van der Waals surface area contributed by atoms with Crippen LogP contribution < -0.4 is 0 Å². The number of allylic oxidation sites excluding steroid dienone is 3. The summed E-state index contributed by atoms with van der Waals surface area (Å²) < 4.78 is 5.04. The van der Waals surface area contributed by atoms with E-state index in [4.69, 9.17) is 4.74 Å². The van der Waals surface area contributed by atoms with E-state index in [-0.39, 0.29) is 0 Å². The van der Waals surface area contributed by atoms with Crippen LogP contribution in [0.25, 0.3) is 0 Å². The zero-order valence-electron chi connectivity index (χ0n) is 5.92. The number of hydrogen-bond acceptors (Lipinski definition) is 1. The van der Waals surface area contributed by atoms with Gasteiger partial charge in [-0.2, -0.15) is 0 Å². The number of methoxy groups -OCH3 is 1. The summed E-state index contributed by atoms with van der Waals surface area (Å²) in [5, 5.41) is 0. The summed E-state index contributed by atoms with van der Waals surface area (Å²) in [6.07, 6.45) is 7.44. The summed E-state index contributed by atoms with van der Waals surface area (Å²) >= 11 is 0. The minimum Gasteiger partial charge on any atom is -0.497 e. The first kappa shape index (κ1) is 6.40. The van der Waals surface area contributed by atoms with E-state index in [2.05, 4.69) is 19.1 Å². The van der Waals surface area contributed by atoms with Crippen LogP contribution in [-0.4, -0.2) is 7.11 Å². The molecule has 9 heavy (non-hydrogen) atoms. The first-order valence-electron chi connectivity index (χ1n) is 3.25. The van der Waals surface area contributed by atoms with Gasteiger partial charge in [0, 0.05) is 0 Å². The van der Waals surface area contributed by atoms with Gasteiger partial charge in [0.15, 0.2) is 0 Å². The van der Waals surface area contributed by atoms with Crippen molar-refractivity contribution in [1.82, 2.24) is 0 Å². The van der Waals surface area contributed by atoms with Crippen molar-refractivity contribution >= 4 is 0 Å². The Morgan fingerprint density at radius 2 is 2.44 bits per heavy atom. The van der Waals surface area contributed by atoms with Crippen molar-refractivity contribution in [2.45, 2.75) is 13.3 Å². The van der Waals surface area contributed by atoms with Crippen molar-refractivity contribution in [2.75, 3.05) is 7.11 Å². The highest BCUT2D eigenvalue weighted by atomic mass is 16.5. The van der Waals surface area contributed by atoms with Gasteiger partial charge in [-0.25, -0.2) is 0 Å². The fraction of sp³-hybridized carbons (Fsp3) is 0.500. The maximum Gasteiger partial charge on any atom is 0.114 e. The fourth-order valence-corrected chi connectivity index (χ4v) is 0.939. The lowest BCUT2D eigenvalue weighted by Gasteiger charge is -2.09. The highest BCUT2D eigenvalue weighted by Gasteiger charge is 2.02. The monoisotopic (exact) mass is 124 g/mol. The van der Waals surface area contributed by atoms with Gasteiger partial charge < -0.3 is 4.74 Å². The predicted octanol–water partition coefficient (Wildman–Crippen LogP) is 2.11. The van der Waals surface area contributed by atoms with Crippen molar-refractivity contribution in [3.63, 3.8) is 0 Å². The van der Waals surface area contributed by atoms with E-state index in [0.29, 0.717) is 5.92 Å². The van der Waals surface area contributed by atoms with Gasteiger partial charge in [-0.1, -0.05) is 13.0 Å². The molecule has 0 radical (unpaired) electrons. The molecule has 0 aromatic carbocycles. The molecular formula is C8H12O. The van der Waals surface area contributed by atoms with Crippen molar-refractivity contribution in [3.8, 4) is 0 Å². The molecule has 1 heteroatoms. The number of hydrogen-bond donors (Lipinski definition) is 0. The summed E-state index contributed by atoms with van der Waals surface area (Å²) in [5.41, 5.74) is 0. The standard InChI is InChI=1S/C8H12O/c1-7-4-3-5-8(6-7)9-2/h3,5-7H,4H2,1-2H3/t7-/m1/s1. The second kappa shape index (κ2) is 2.72. The van der Waals surface area contributed by atoms with Gasteiger partial charge in [0.2, 0.25) is 0 Å². The summed E-state index contributed by atoms with van der Waals surface area (Å²) in [6, 6.07) is 0. The van der Waals surface area contributed by atoms with Crippen LogP contribution in [0.4, 0.5) is 0 Å². The topological polar surface area (TPSA) is 9.23 Å². The number of ether oxygens (including phenoxy) is 1. The third-order valence-corrected chi connectivity index (χ3v) is 1.47. The Kier molecular flexibility index (Phi) is 1.93. The van der Waals surface area contributed by atoms with Gasteiger partial charge in [-0.05, 0) is 24.5 Å². The molecule has 0 aromatic rings. The fourth-order valence-electron chi connectivity index (χ4n) is 0.939. The molecule has 1 atom stereocenters. The van der Waals surface area contributed by atoms with E-state index in [0.717, 1.165) is 12.2 Å². The molecule has 0 spiro atoms. The second-order valence-electron chi connectivity index (χ2n) is 2.39. The molecule has 0 N–H and O–H groups in total. The summed E-state index contributed by atoms with van der Waals surface area (Å²) in [4.78, 5) is 0.